The van der Waals surface area contributed by atoms with Crippen LogP contribution >= 0.6 is 0 Å². The van der Waals surface area contributed by atoms with Crippen LogP contribution in [0.2, 0.25) is 0 Å². The van der Waals surface area contributed by atoms with Crippen LogP contribution in [0.25, 0.3) is 11.2 Å². The minimum atomic E-state index is -1.08. The molecule has 0 radical (unpaired) electrons. The number of carboxylic acid groups (broad SMARTS) is 1. The summed E-state index contributed by atoms with van der Waals surface area (Å²) in [5.41, 5.74) is 7.02. The average molecular weight is 192 g/mol. The summed E-state index contributed by atoms with van der Waals surface area (Å²) in [6.45, 7) is 0. The Bertz CT molecular complexity index is 479. The molecule has 6 nitrogen and oxygen atoms in total. The number of hydrogen-bond acceptors (Lipinski definition) is 4. The van der Waals surface area contributed by atoms with Gasteiger partial charge in [0, 0.05) is 11.8 Å². The normalized spacial score (nSPS) is 12.9. The van der Waals surface area contributed by atoms with Crippen LogP contribution in [0.1, 0.15) is 11.6 Å². The number of aliphatic carboxylic acids is 1. The first kappa shape index (κ1) is 8.64. The fourth-order valence-corrected chi connectivity index (χ4v) is 1.26. The summed E-state index contributed by atoms with van der Waals surface area (Å²) in [6.07, 6.45) is 2.94. The minimum Gasteiger partial charge on any atom is -0.480 e. The molecule has 0 saturated carbocycles. The molecule has 0 aliphatic rings. The fourth-order valence-electron chi connectivity index (χ4n) is 1.26. The number of carbonyl (C=O) groups is 1. The van der Waals surface area contributed by atoms with Gasteiger partial charge in [-0.1, -0.05) is 0 Å². The molecule has 0 spiro atoms. The zero-order chi connectivity index (χ0) is 10.1. The number of aromatic amines is 1. The lowest BCUT2D eigenvalue weighted by molar-refractivity contribution is -0.138. The Morgan fingerprint density at radius 1 is 1.57 bits per heavy atom. The first-order chi connectivity index (χ1) is 6.70. The lowest BCUT2D eigenvalue weighted by atomic mass is 10.1. The molecule has 0 aliphatic carbocycles. The van der Waals surface area contributed by atoms with Crippen LogP contribution in [0.5, 0.6) is 0 Å². The molecule has 14 heavy (non-hydrogen) atoms. The summed E-state index contributed by atoms with van der Waals surface area (Å²) in [4.78, 5) is 21.4. The van der Waals surface area contributed by atoms with E-state index in [2.05, 4.69) is 15.0 Å². The van der Waals surface area contributed by atoms with Gasteiger partial charge in [0.05, 0.1) is 11.8 Å². The standard InChI is InChI=1S/C8H8N4O2/c9-5(8(13)14)4-1-2-10-7-6(4)11-3-12-7/h1-3,5H,9H2,(H,13,14)(H,10,11,12). The highest BCUT2D eigenvalue weighted by Gasteiger charge is 2.17. The summed E-state index contributed by atoms with van der Waals surface area (Å²) in [6, 6.07) is 0.514. The minimum absolute atomic E-state index is 0.471. The van der Waals surface area contributed by atoms with Gasteiger partial charge >= 0.3 is 5.97 Å². The van der Waals surface area contributed by atoms with Gasteiger partial charge in [0.25, 0.3) is 0 Å². The largest absolute Gasteiger partial charge is 0.480 e. The second kappa shape index (κ2) is 3.08. The van der Waals surface area contributed by atoms with E-state index in [1.807, 2.05) is 0 Å². The molecule has 0 aromatic carbocycles. The van der Waals surface area contributed by atoms with Gasteiger partial charge in [-0.05, 0) is 6.07 Å². The number of hydrogen-bond donors (Lipinski definition) is 3. The highest BCUT2D eigenvalue weighted by molar-refractivity contribution is 5.83. The smallest absolute Gasteiger partial charge is 0.325 e. The molecule has 2 aromatic heterocycles. The summed E-state index contributed by atoms with van der Waals surface area (Å²) >= 11 is 0. The SMILES string of the molecule is NC(C(=O)O)c1ccnc2nc[nH]c12. The molecule has 0 bridgehead atoms. The molecule has 0 saturated heterocycles. The Kier molecular flexibility index (Phi) is 1.90. The molecule has 2 rings (SSSR count). The summed E-state index contributed by atoms with van der Waals surface area (Å²) in [5, 5.41) is 8.75. The number of nitrogens with zero attached hydrogens (tertiary/aromatic N) is 2. The fraction of sp³-hybridized carbons (Fsp3) is 0.125. The van der Waals surface area contributed by atoms with E-state index in [0.29, 0.717) is 16.7 Å². The van der Waals surface area contributed by atoms with E-state index < -0.39 is 12.0 Å². The number of rotatable bonds is 2. The molecule has 0 amide bonds. The van der Waals surface area contributed by atoms with Crippen LogP contribution in [0.15, 0.2) is 18.6 Å². The van der Waals surface area contributed by atoms with E-state index in [0.717, 1.165) is 0 Å². The van der Waals surface area contributed by atoms with E-state index in [1.54, 1.807) is 6.07 Å². The van der Waals surface area contributed by atoms with Crippen molar-refractivity contribution in [1.82, 2.24) is 15.0 Å². The molecule has 72 valence electrons. The van der Waals surface area contributed by atoms with Crippen molar-refractivity contribution in [2.75, 3.05) is 0 Å². The van der Waals surface area contributed by atoms with Crippen LogP contribution in [0.3, 0.4) is 0 Å². The highest BCUT2D eigenvalue weighted by atomic mass is 16.4. The van der Waals surface area contributed by atoms with Crippen molar-refractivity contribution in [1.29, 1.82) is 0 Å². The lowest BCUT2D eigenvalue weighted by Gasteiger charge is -2.06. The van der Waals surface area contributed by atoms with Gasteiger partial charge < -0.3 is 15.8 Å². The second-order valence-corrected chi connectivity index (χ2v) is 2.82. The third-order valence-corrected chi connectivity index (χ3v) is 1.96. The number of fused-ring (bicyclic) bond motifs is 1. The third-order valence-electron chi connectivity index (χ3n) is 1.96. The number of carboxylic acids is 1. The van der Waals surface area contributed by atoms with Crippen molar-refractivity contribution in [2.24, 2.45) is 5.73 Å². The lowest BCUT2D eigenvalue weighted by Crippen LogP contribution is -2.21. The first-order valence-electron chi connectivity index (χ1n) is 3.96. The number of nitrogens with one attached hydrogen (secondary N) is 1. The topological polar surface area (TPSA) is 105 Å². The summed E-state index contributed by atoms with van der Waals surface area (Å²) in [7, 11) is 0. The predicted octanol–water partition coefficient (Wildman–Crippen LogP) is 0.0423. The van der Waals surface area contributed by atoms with Crippen molar-refractivity contribution in [2.45, 2.75) is 6.04 Å². The molecule has 1 unspecified atom stereocenters. The van der Waals surface area contributed by atoms with Crippen molar-refractivity contribution < 1.29 is 9.90 Å². The van der Waals surface area contributed by atoms with E-state index in [9.17, 15) is 4.79 Å². The van der Waals surface area contributed by atoms with E-state index in [4.69, 9.17) is 10.8 Å². The van der Waals surface area contributed by atoms with Gasteiger partial charge in [-0.25, -0.2) is 9.97 Å². The van der Waals surface area contributed by atoms with Gasteiger partial charge in [-0.3, -0.25) is 4.79 Å². The number of nitrogens with two attached hydrogens (primary N) is 1. The van der Waals surface area contributed by atoms with Crippen LogP contribution < -0.4 is 5.73 Å². The maximum absolute atomic E-state index is 10.7. The quantitative estimate of drug-likeness (QED) is 0.623. The monoisotopic (exact) mass is 192 g/mol. The maximum Gasteiger partial charge on any atom is 0.325 e. The van der Waals surface area contributed by atoms with Gasteiger partial charge in [0.2, 0.25) is 0 Å². The van der Waals surface area contributed by atoms with Gasteiger partial charge in [0.1, 0.15) is 6.04 Å². The molecule has 1 atom stereocenters. The summed E-state index contributed by atoms with van der Waals surface area (Å²) in [5.74, 6) is -1.08. The van der Waals surface area contributed by atoms with Gasteiger partial charge in [-0.15, -0.1) is 0 Å². The number of H-pyrrole nitrogens is 1. The van der Waals surface area contributed by atoms with Crippen LogP contribution in [0, 0.1) is 0 Å². The predicted molar refractivity (Wildman–Crippen MR) is 48.5 cm³/mol. The van der Waals surface area contributed by atoms with Crippen molar-refractivity contribution >= 4 is 17.1 Å². The summed E-state index contributed by atoms with van der Waals surface area (Å²) < 4.78 is 0. The zero-order valence-corrected chi connectivity index (χ0v) is 7.14. The Hall–Kier alpha value is -1.95. The molecule has 2 heterocycles. The van der Waals surface area contributed by atoms with E-state index >= 15 is 0 Å². The Morgan fingerprint density at radius 3 is 3.07 bits per heavy atom. The zero-order valence-electron chi connectivity index (χ0n) is 7.14. The number of imidazole rings is 1. The highest BCUT2D eigenvalue weighted by Crippen LogP contribution is 2.18. The second-order valence-electron chi connectivity index (χ2n) is 2.82. The van der Waals surface area contributed by atoms with Crippen molar-refractivity contribution in [3.8, 4) is 0 Å². The number of pyridine rings is 1. The van der Waals surface area contributed by atoms with Crippen molar-refractivity contribution in [3.05, 3.63) is 24.2 Å². The molecule has 0 aliphatic heterocycles. The third kappa shape index (κ3) is 1.21. The molecule has 4 N–H and O–H groups in total. The van der Waals surface area contributed by atoms with Crippen LogP contribution in [-0.2, 0) is 4.79 Å². The Labute approximate surface area is 78.8 Å². The van der Waals surface area contributed by atoms with Gasteiger partial charge in [0.15, 0.2) is 5.65 Å². The number of aromatic nitrogens is 3. The molecular weight excluding hydrogens is 184 g/mol. The average Bonchev–Trinajstić information content (AvgIpc) is 2.63. The molecule has 6 heteroatoms. The van der Waals surface area contributed by atoms with Crippen LogP contribution in [0.4, 0.5) is 0 Å². The van der Waals surface area contributed by atoms with Crippen LogP contribution in [-0.4, -0.2) is 26.0 Å². The molecule has 2 aromatic rings. The Morgan fingerprint density at radius 2 is 2.36 bits per heavy atom. The van der Waals surface area contributed by atoms with Gasteiger partial charge in [-0.2, -0.15) is 0 Å². The maximum atomic E-state index is 10.7. The molecule has 0 fully saturated rings. The van der Waals surface area contributed by atoms with Crippen molar-refractivity contribution in [3.63, 3.8) is 0 Å². The molecular formula is C8H8N4O2. The first-order valence-corrected chi connectivity index (χ1v) is 3.96. The van der Waals surface area contributed by atoms with E-state index in [-0.39, 0.29) is 0 Å². The Balaban J connectivity index is 2.61. The van der Waals surface area contributed by atoms with E-state index in [1.165, 1.54) is 12.5 Å².